The second-order valence-electron chi connectivity index (χ2n) is 3.36. The predicted molar refractivity (Wildman–Crippen MR) is 48.4 cm³/mol. The highest BCUT2D eigenvalue weighted by Crippen LogP contribution is 2.29. The lowest BCUT2D eigenvalue weighted by Gasteiger charge is -2.04. The van der Waals surface area contributed by atoms with Crippen molar-refractivity contribution in [1.29, 1.82) is 0 Å². The molecule has 1 aliphatic carbocycles. The van der Waals surface area contributed by atoms with Gasteiger partial charge in [0.1, 0.15) is 0 Å². The minimum atomic E-state index is -3.03. The van der Waals surface area contributed by atoms with Gasteiger partial charge < -0.3 is 5.32 Å². The van der Waals surface area contributed by atoms with Crippen LogP contribution in [-0.2, 0) is 10.0 Å². The fraction of sp³-hybridized carbons (Fsp3) is 1.00. The van der Waals surface area contributed by atoms with Crippen LogP contribution in [0.3, 0.4) is 0 Å². The summed E-state index contributed by atoms with van der Waals surface area (Å²) in [5.74, 6) is 0.696. The maximum Gasteiger partial charge on any atom is 0.213 e. The summed E-state index contributed by atoms with van der Waals surface area (Å²) in [7, 11) is -1.28. The molecular weight excluding hydrogens is 176 g/mol. The van der Waals surface area contributed by atoms with Crippen LogP contribution in [0, 0.1) is 5.92 Å². The first kappa shape index (κ1) is 9.95. The monoisotopic (exact) mass is 192 g/mol. The van der Waals surface area contributed by atoms with E-state index in [-0.39, 0.29) is 11.8 Å². The van der Waals surface area contributed by atoms with Crippen LogP contribution in [0.1, 0.15) is 13.3 Å². The van der Waals surface area contributed by atoms with Crippen molar-refractivity contribution in [3.8, 4) is 0 Å². The summed E-state index contributed by atoms with van der Waals surface area (Å²) in [6, 6.07) is 0.201. The molecule has 0 aromatic carbocycles. The highest BCUT2D eigenvalue weighted by molar-refractivity contribution is 7.89. The van der Waals surface area contributed by atoms with Gasteiger partial charge in [-0.2, -0.15) is 0 Å². The first-order valence-corrected chi connectivity index (χ1v) is 5.85. The Balaban J connectivity index is 2.28. The first-order valence-electron chi connectivity index (χ1n) is 4.20. The van der Waals surface area contributed by atoms with Crippen LogP contribution in [0.2, 0.25) is 0 Å². The van der Waals surface area contributed by atoms with Crippen LogP contribution in [-0.4, -0.2) is 33.8 Å². The number of nitrogens with one attached hydrogen (secondary N) is 2. The molecule has 1 fully saturated rings. The molecule has 0 heterocycles. The largest absolute Gasteiger partial charge is 0.319 e. The van der Waals surface area contributed by atoms with Gasteiger partial charge in [0, 0.05) is 12.6 Å². The molecule has 72 valence electrons. The van der Waals surface area contributed by atoms with Crippen LogP contribution in [0.4, 0.5) is 0 Å². The molecule has 0 saturated heterocycles. The molecule has 1 saturated carbocycles. The summed E-state index contributed by atoms with van der Waals surface area (Å²) in [5.41, 5.74) is 0. The van der Waals surface area contributed by atoms with Crippen molar-refractivity contribution in [2.45, 2.75) is 19.4 Å². The maximum atomic E-state index is 11.2. The highest BCUT2D eigenvalue weighted by atomic mass is 32.2. The van der Waals surface area contributed by atoms with Crippen LogP contribution >= 0.6 is 0 Å². The van der Waals surface area contributed by atoms with Gasteiger partial charge in [-0.1, -0.05) is 6.92 Å². The van der Waals surface area contributed by atoms with Crippen LogP contribution in [0.5, 0.6) is 0 Å². The lowest BCUT2D eigenvalue weighted by Crippen LogP contribution is -2.32. The molecule has 0 radical (unpaired) electrons. The molecule has 2 unspecified atom stereocenters. The van der Waals surface area contributed by atoms with E-state index in [1.54, 1.807) is 7.05 Å². The number of hydrogen-bond donors (Lipinski definition) is 2. The van der Waals surface area contributed by atoms with E-state index in [1.165, 1.54) is 0 Å². The minimum Gasteiger partial charge on any atom is -0.319 e. The fourth-order valence-electron chi connectivity index (χ4n) is 1.01. The average molecular weight is 192 g/mol. The van der Waals surface area contributed by atoms with Crippen LogP contribution in [0.25, 0.3) is 0 Å². The minimum absolute atomic E-state index is 0.173. The highest BCUT2D eigenvalue weighted by Gasteiger charge is 2.35. The zero-order valence-electron chi connectivity index (χ0n) is 7.50. The van der Waals surface area contributed by atoms with E-state index in [0.29, 0.717) is 12.5 Å². The average Bonchev–Trinajstić information content (AvgIpc) is 2.61. The number of rotatable bonds is 5. The second-order valence-corrected chi connectivity index (χ2v) is 5.23. The summed E-state index contributed by atoms with van der Waals surface area (Å²) in [5, 5.41) is 2.81. The standard InChI is InChI=1S/C7H16N2O2S/c1-6-5-7(6)9-12(10,11)4-3-8-2/h6-9H,3-5H2,1-2H3. The van der Waals surface area contributed by atoms with E-state index in [2.05, 4.69) is 10.0 Å². The van der Waals surface area contributed by atoms with E-state index in [1.807, 2.05) is 6.92 Å². The Labute approximate surface area is 73.8 Å². The molecule has 4 nitrogen and oxygen atoms in total. The van der Waals surface area contributed by atoms with Gasteiger partial charge in [-0.15, -0.1) is 0 Å². The van der Waals surface area contributed by atoms with Gasteiger partial charge in [-0.3, -0.25) is 0 Å². The smallest absolute Gasteiger partial charge is 0.213 e. The molecule has 0 spiro atoms. The quantitative estimate of drug-likeness (QED) is 0.619. The van der Waals surface area contributed by atoms with E-state index in [4.69, 9.17) is 0 Å². The molecule has 12 heavy (non-hydrogen) atoms. The van der Waals surface area contributed by atoms with Gasteiger partial charge in [0.25, 0.3) is 0 Å². The molecule has 0 bridgehead atoms. The van der Waals surface area contributed by atoms with Gasteiger partial charge in [-0.05, 0) is 19.4 Å². The molecule has 1 rings (SSSR count). The third-order valence-corrected chi connectivity index (χ3v) is 3.46. The molecule has 0 aromatic rings. The molecule has 1 aliphatic rings. The van der Waals surface area contributed by atoms with Crippen molar-refractivity contribution in [3.05, 3.63) is 0 Å². The van der Waals surface area contributed by atoms with Crippen molar-refractivity contribution in [3.63, 3.8) is 0 Å². The summed E-state index contributed by atoms with van der Waals surface area (Å²) in [6.45, 7) is 2.56. The zero-order valence-corrected chi connectivity index (χ0v) is 8.32. The topological polar surface area (TPSA) is 58.2 Å². The molecular formula is C7H16N2O2S. The second kappa shape index (κ2) is 3.72. The molecule has 5 heteroatoms. The van der Waals surface area contributed by atoms with Crippen LogP contribution in [0.15, 0.2) is 0 Å². The van der Waals surface area contributed by atoms with Gasteiger partial charge in [0.2, 0.25) is 10.0 Å². The lowest BCUT2D eigenvalue weighted by molar-refractivity contribution is 0.576. The SMILES string of the molecule is CNCCS(=O)(=O)NC1CC1C. The molecule has 0 amide bonds. The molecule has 2 atom stereocenters. The summed E-state index contributed by atoms with van der Waals surface area (Å²) < 4.78 is 25.1. The van der Waals surface area contributed by atoms with Crippen molar-refractivity contribution < 1.29 is 8.42 Å². The first-order chi connectivity index (χ1) is 5.55. The van der Waals surface area contributed by atoms with E-state index in [0.717, 1.165) is 6.42 Å². The van der Waals surface area contributed by atoms with Crippen molar-refractivity contribution in [1.82, 2.24) is 10.0 Å². The van der Waals surface area contributed by atoms with Gasteiger partial charge in [0.05, 0.1) is 5.75 Å². The van der Waals surface area contributed by atoms with E-state index < -0.39 is 10.0 Å². The third kappa shape index (κ3) is 3.08. The van der Waals surface area contributed by atoms with Crippen molar-refractivity contribution in [2.24, 2.45) is 5.92 Å². The van der Waals surface area contributed by atoms with E-state index >= 15 is 0 Å². The molecule has 0 aromatic heterocycles. The van der Waals surface area contributed by atoms with Crippen molar-refractivity contribution in [2.75, 3.05) is 19.3 Å². The van der Waals surface area contributed by atoms with E-state index in [9.17, 15) is 8.42 Å². The Morgan fingerprint density at radius 2 is 2.08 bits per heavy atom. The third-order valence-electron chi connectivity index (χ3n) is 2.06. The normalized spacial score (nSPS) is 28.8. The van der Waals surface area contributed by atoms with Gasteiger partial charge >= 0.3 is 0 Å². The predicted octanol–water partition coefficient (Wildman–Crippen LogP) is -0.466. The molecule has 0 aliphatic heterocycles. The fourth-order valence-corrected chi connectivity index (χ4v) is 2.39. The van der Waals surface area contributed by atoms with Crippen LogP contribution < -0.4 is 10.0 Å². The van der Waals surface area contributed by atoms with Gasteiger partial charge in [0.15, 0.2) is 0 Å². The summed E-state index contributed by atoms with van der Waals surface area (Å²) in [6.07, 6.45) is 0.985. The van der Waals surface area contributed by atoms with Crippen molar-refractivity contribution >= 4 is 10.0 Å². The Kier molecular flexibility index (Phi) is 3.09. The Morgan fingerprint density at radius 1 is 1.50 bits per heavy atom. The lowest BCUT2D eigenvalue weighted by atomic mass is 10.5. The summed E-state index contributed by atoms with van der Waals surface area (Å²) >= 11 is 0. The Hall–Kier alpha value is -0.130. The zero-order chi connectivity index (χ0) is 9.19. The van der Waals surface area contributed by atoms with Gasteiger partial charge in [-0.25, -0.2) is 13.1 Å². The Bertz CT molecular complexity index is 238. The molecule has 2 N–H and O–H groups in total. The number of hydrogen-bond acceptors (Lipinski definition) is 3. The Morgan fingerprint density at radius 3 is 2.50 bits per heavy atom. The number of sulfonamides is 1. The summed E-state index contributed by atoms with van der Waals surface area (Å²) in [4.78, 5) is 0. The maximum absolute atomic E-state index is 11.2.